The number of ether oxygens (including phenoxy) is 1. The van der Waals surface area contributed by atoms with Gasteiger partial charge in [-0.05, 0) is 27.3 Å². The molecule has 0 amide bonds. The SMILES string of the molecule is CC(C)N1CCC2(CN(C)CCO2)C1. The molecule has 2 aliphatic heterocycles. The lowest BCUT2D eigenvalue weighted by Gasteiger charge is -2.39. The van der Waals surface area contributed by atoms with E-state index in [4.69, 9.17) is 4.74 Å². The molecule has 0 aromatic rings. The van der Waals surface area contributed by atoms with E-state index in [1.54, 1.807) is 0 Å². The molecule has 0 N–H and O–H groups in total. The number of likely N-dealkylation sites (N-methyl/N-ethyl adjacent to an activating group) is 1. The molecule has 0 aromatic heterocycles. The smallest absolute Gasteiger partial charge is 0.0947 e. The van der Waals surface area contributed by atoms with Gasteiger partial charge >= 0.3 is 0 Å². The van der Waals surface area contributed by atoms with Crippen LogP contribution in [0.15, 0.2) is 0 Å². The second-order valence-corrected chi connectivity index (χ2v) is 5.08. The molecule has 1 spiro atoms. The van der Waals surface area contributed by atoms with Crippen molar-refractivity contribution in [1.82, 2.24) is 9.80 Å². The Kier molecular flexibility index (Phi) is 2.82. The molecule has 2 rings (SSSR count). The molecule has 0 aromatic carbocycles. The van der Waals surface area contributed by atoms with Crippen molar-refractivity contribution < 1.29 is 4.74 Å². The fraction of sp³-hybridized carbons (Fsp3) is 1.00. The molecule has 0 aliphatic carbocycles. The van der Waals surface area contributed by atoms with Gasteiger partial charge in [0, 0.05) is 32.2 Å². The van der Waals surface area contributed by atoms with Gasteiger partial charge in [0.15, 0.2) is 0 Å². The summed E-state index contributed by atoms with van der Waals surface area (Å²) in [6.07, 6.45) is 1.20. The van der Waals surface area contributed by atoms with Crippen molar-refractivity contribution in [3.63, 3.8) is 0 Å². The van der Waals surface area contributed by atoms with E-state index in [9.17, 15) is 0 Å². The molecule has 0 bridgehead atoms. The van der Waals surface area contributed by atoms with Crippen molar-refractivity contribution >= 4 is 0 Å². The van der Waals surface area contributed by atoms with Crippen molar-refractivity contribution in [1.29, 1.82) is 0 Å². The van der Waals surface area contributed by atoms with E-state index < -0.39 is 0 Å². The summed E-state index contributed by atoms with van der Waals surface area (Å²) in [5.74, 6) is 0. The van der Waals surface area contributed by atoms with E-state index in [1.165, 1.54) is 13.0 Å². The van der Waals surface area contributed by atoms with Crippen LogP contribution in [0.1, 0.15) is 20.3 Å². The van der Waals surface area contributed by atoms with Crippen LogP contribution in [-0.2, 0) is 4.74 Å². The molecule has 1 unspecified atom stereocenters. The Balaban J connectivity index is 1.97. The molecule has 82 valence electrons. The molecule has 2 saturated heterocycles. The Morgan fingerprint density at radius 2 is 2.00 bits per heavy atom. The third-order valence-corrected chi connectivity index (χ3v) is 3.52. The molecule has 3 heteroatoms. The maximum Gasteiger partial charge on any atom is 0.0947 e. The first kappa shape index (κ1) is 10.4. The van der Waals surface area contributed by atoms with Gasteiger partial charge in [0.2, 0.25) is 0 Å². The third kappa shape index (κ3) is 1.95. The highest BCUT2D eigenvalue weighted by Crippen LogP contribution is 2.29. The summed E-state index contributed by atoms with van der Waals surface area (Å²) >= 11 is 0. The number of hydrogen-bond acceptors (Lipinski definition) is 3. The molecule has 0 radical (unpaired) electrons. The minimum atomic E-state index is 0.150. The molecule has 14 heavy (non-hydrogen) atoms. The topological polar surface area (TPSA) is 15.7 Å². The average Bonchev–Trinajstić information content (AvgIpc) is 2.49. The fourth-order valence-electron chi connectivity index (χ4n) is 2.60. The molecule has 2 fully saturated rings. The van der Waals surface area contributed by atoms with Crippen LogP contribution in [0.3, 0.4) is 0 Å². The van der Waals surface area contributed by atoms with Crippen molar-refractivity contribution in [2.24, 2.45) is 0 Å². The number of rotatable bonds is 1. The van der Waals surface area contributed by atoms with E-state index in [-0.39, 0.29) is 5.60 Å². The maximum atomic E-state index is 5.99. The first-order valence-electron chi connectivity index (χ1n) is 5.68. The third-order valence-electron chi connectivity index (χ3n) is 3.52. The number of likely N-dealkylation sites (tertiary alicyclic amines) is 1. The van der Waals surface area contributed by atoms with Crippen molar-refractivity contribution in [2.75, 3.05) is 39.8 Å². The minimum absolute atomic E-state index is 0.150. The maximum absolute atomic E-state index is 5.99. The van der Waals surface area contributed by atoms with E-state index in [0.717, 1.165) is 26.2 Å². The van der Waals surface area contributed by atoms with Gasteiger partial charge in [-0.1, -0.05) is 0 Å². The summed E-state index contributed by atoms with van der Waals surface area (Å²) in [5, 5.41) is 0. The number of hydrogen-bond donors (Lipinski definition) is 0. The van der Waals surface area contributed by atoms with Crippen LogP contribution in [0.2, 0.25) is 0 Å². The summed E-state index contributed by atoms with van der Waals surface area (Å²) in [4.78, 5) is 4.92. The number of morpholine rings is 1. The van der Waals surface area contributed by atoms with Gasteiger partial charge in [-0.25, -0.2) is 0 Å². The van der Waals surface area contributed by atoms with Gasteiger partial charge in [0.1, 0.15) is 0 Å². The predicted molar refractivity (Wildman–Crippen MR) is 57.5 cm³/mol. The Hall–Kier alpha value is -0.120. The summed E-state index contributed by atoms with van der Waals surface area (Å²) in [6, 6.07) is 0.658. The fourth-order valence-corrected chi connectivity index (χ4v) is 2.60. The van der Waals surface area contributed by atoms with Gasteiger partial charge in [0.05, 0.1) is 12.2 Å². The van der Waals surface area contributed by atoms with Crippen LogP contribution in [-0.4, -0.2) is 61.3 Å². The standard InChI is InChI=1S/C11H22N2O/c1-10(2)13-5-4-11(9-13)8-12(3)6-7-14-11/h10H,4-9H2,1-3H3. The van der Waals surface area contributed by atoms with Crippen LogP contribution >= 0.6 is 0 Å². The quantitative estimate of drug-likeness (QED) is 0.620. The zero-order chi connectivity index (χ0) is 10.2. The van der Waals surface area contributed by atoms with E-state index in [2.05, 4.69) is 30.7 Å². The summed E-state index contributed by atoms with van der Waals surface area (Å²) in [7, 11) is 2.20. The lowest BCUT2D eigenvalue weighted by molar-refractivity contribution is -0.0957. The molecule has 1 atom stereocenters. The van der Waals surface area contributed by atoms with Crippen LogP contribution in [0.5, 0.6) is 0 Å². The summed E-state index contributed by atoms with van der Waals surface area (Å²) < 4.78 is 5.99. The zero-order valence-corrected chi connectivity index (χ0v) is 9.62. The Morgan fingerprint density at radius 3 is 2.57 bits per heavy atom. The highest BCUT2D eigenvalue weighted by molar-refractivity contribution is 4.96. The summed E-state index contributed by atoms with van der Waals surface area (Å²) in [6.45, 7) is 9.96. The van der Waals surface area contributed by atoms with Crippen LogP contribution in [0, 0.1) is 0 Å². The summed E-state index contributed by atoms with van der Waals surface area (Å²) in [5.41, 5.74) is 0.150. The van der Waals surface area contributed by atoms with Gasteiger partial charge in [-0.3, -0.25) is 4.90 Å². The molecule has 0 saturated carbocycles. The minimum Gasteiger partial charge on any atom is -0.371 e. The lowest BCUT2D eigenvalue weighted by atomic mass is 10.0. The molecular formula is C11H22N2O. The molecule has 3 nitrogen and oxygen atoms in total. The average molecular weight is 198 g/mol. The first-order valence-corrected chi connectivity index (χ1v) is 5.68. The predicted octanol–water partition coefficient (Wildman–Crippen LogP) is 0.801. The molecular weight excluding hydrogens is 176 g/mol. The van der Waals surface area contributed by atoms with E-state index >= 15 is 0 Å². The monoisotopic (exact) mass is 198 g/mol. The largest absolute Gasteiger partial charge is 0.371 e. The van der Waals surface area contributed by atoms with Crippen molar-refractivity contribution in [2.45, 2.75) is 31.9 Å². The van der Waals surface area contributed by atoms with Crippen LogP contribution < -0.4 is 0 Å². The molecule has 2 aliphatic rings. The molecule has 2 heterocycles. The first-order chi connectivity index (χ1) is 6.61. The van der Waals surface area contributed by atoms with Crippen LogP contribution in [0.25, 0.3) is 0 Å². The highest BCUT2D eigenvalue weighted by atomic mass is 16.5. The second kappa shape index (κ2) is 3.80. The Labute approximate surface area is 87.0 Å². The van der Waals surface area contributed by atoms with Gasteiger partial charge in [-0.15, -0.1) is 0 Å². The van der Waals surface area contributed by atoms with E-state index in [1.807, 2.05) is 0 Å². The highest BCUT2D eigenvalue weighted by Gasteiger charge is 2.42. The van der Waals surface area contributed by atoms with E-state index in [0.29, 0.717) is 6.04 Å². The lowest BCUT2D eigenvalue weighted by Crippen LogP contribution is -2.52. The van der Waals surface area contributed by atoms with Crippen molar-refractivity contribution in [3.8, 4) is 0 Å². The second-order valence-electron chi connectivity index (χ2n) is 5.08. The van der Waals surface area contributed by atoms with Gasteiger partial charge in [-0.2, -0.15) is 0 Å². The van der Waals surface area contributed by atoms with Crippen LogP contribution in [0.4, 0.5) is 0 Å². The Bertz CT molecular complexity index is 207. The normalized spacial score (nSPS) is 36.0. The Morgan fingerprint density at radius 1 is 1.21 bits per heavy atom. The zero-order valence-electron chi connectivity index (χ0n) is 9.62. The number of nitrogens with zero attached hydrogens (tertiary/aromatic N) is 2. The van der Waals surface area contributed by atoms with Crippen molar-refractivity contribution in [3.05, 3.63) is 0 Å². The van der Waals surface area contributed by atoms with Gasteiger partial charge in [0.25, 0.3) is 0 Å². The van der Waals surface area contributed by atoms with Gasteiger partial charge < -0.3 is 9.64 Å².